The molecule has 40 heavy (non-hydrogen) atoms. The van der Waals surface area contributed by atoms with Crippen molar-refractivity contribution in [3.63, 3.8) is 0 Å². The number of aromatic nitrogens is 1. The Balaban J connectivity index is 1.40. The third kappa shape index (κ3) is 6.10. The van der Waals surface area contributed by atoms with Crippen LogP contribution in [0.2, 0.25) is 0 Å². The molecule has 3 aromatic carbocycles. The van der Waals surface area contributed by atoms with Gasteiger partial charge in [-0.15, -0.1) is 0 Å². The zero-order chi connectivity index (χ0) is 27.9. The second-order valence-electron chi connectivity index (χ2n) is 9.88. The zero-order valence-electron chi connectivity index (χ0n) is 23.0. The molecular formula is C33H35N3O4. The molecule has 7 heteroatoms. The van der Waals surface area contributed by atoms with E-state index in [1.807, 2.05) is 71.6 Å². The minimum atomic E-state index is -0.389. The molecular weight excluding hydrogens is 502 g/mol. The number of esters is 1. The molecule has 4 aromatic rings. The Bertz CT molecular complexity index is 1430. The van der Waals surface area contributed by atoms with Crippen molar-refractivity contribution in [1.29, 1.82) is 0 Å². The fourth-order valence-corrected chi connectivity index (χ4v) is 5.30. The number of rotatable bonds is 9. The van der Waals surface area contributed by atoms with Gasteiger partial charge in [0.15, 0.2) is 6.61 Å². The number of amides is 1. The van der Waals surface area contributed by atoms with Crippen molar-refractivity contribution in [3.8, 4) is 22.7 Å². The van der Waals surface area contributed by atoms with Gasteiger partial charge >= 0.3 is 5.97 Å². The standard InChI is InChI=1S/C33H35N3O4/c1-3-39-31(37)23-40-29-16-14-25(15-17-29)21-28-22-34-18-19-35(28)33(38)30-20-24(2)36(27-12-8-5-9-13-27)32(30)26-10-6-4-7-11-26/h4-17,20,28,34H,3,18-19,21-23H2,1-2H3/t28-/m1/s1. The second kappa shape index (κ2) is 12.7. The van der Waals surface area contributed by atoms with Gasteiger partial charge in [-0.2, -0.15) is 0 Å². The summed E-state index contributed by atoms with van der Waals surface area (Å²) in [4.78, 5) is 27.9. The molecule has 0 unspecified atom stereocenters. The normalized spacial score (nSPS) is 15.1. The molecule has 206 valence electrons. The average Bonchev–Trinajstić information content (AvgIpc) is 3.34. The van der Waals surface area contributed by atoms with Gasteiger partial charge in [0.05, 0.1) is 17.9 Å². The van der Waals surface area contributed by atoms with Crippen LogP contribution in [0.3, 0.4) is 0 Å². The minimum absolute atomic E-state index is 0.00319. The Morgan fingerprint density at radius 1 is 0.950 bits per heavy atom. The molecule has 0 spiro atoms. The summed E-state index contributed by atoms with van der Waals surface area (Å²) in [6, 6.07) is 30.0. The molecule has 1 aliphatic heterocycles. The first-order chi connectivity index (χ1) is 19.5. The molecule has 0 radical (unpaired) electrons. The van der Waals surface area contributed by atoms with Gasteiger partial charge in [0, 0.05) is 37.1 Å². The number of aryl methyl sites for hydroxylation is 1. The Hall–Kier alpha value is -4.36. The SMILES string of the molecule is CCOC(=O)COc1ccc(C[C@@H]2CNCCN2C(=O)c2cc(C)n(-c3ccccc3)c2-c2ccccc2)cc1. The van der Waals surface area contributed by atoms with Gasteiger partial charge in [-0.3, -0.25) is 4.79 Å². The van der Waals surface area contributed by atoms with E-state index in [0.29, 0.717) is 37.4 Å². The van der Waals surface area contributed by atoms with E-state index >= 15 is 0 Å². The number of carbonyl (C=O) groups is 2. The largest absolute Gasteiger partial charge is 0.482 e. The number of nitrogens with zero attached hydrogens (tertiary/aromatic N) is 2. The molecule has 1 atom stereocenters. The first kappa shape index (κ1) is 27.2. The monoisotopic (exact) mass is 537 g/mol. The Morgan fingerprint density at radius 3 is 2.35 bits per heavy atom. The molecule has 2 heterocycles. The highest BCUT2D eigenvalue weighted by Gasteiger charge is 2.31. The summed E-state index contributed by atoms with van der Waals surface area (Å²) in [5.41, 5.74) is 5.76. The summed E-state index contributed by atoms with van der Waals surface area (Å²) in [5.74, 6) is 0.259. The summed E-state index contributed by atoms with van der Waals surface area (Å²) in [5, 5.41) is 3.46. The average molecular weight is 538 g/mol. The number of nitrogens with one attached hydrogen (secondary N) is 1. The number of benzene rings is 3. The quantitative estimate of drug-likeness (QED) is 0.303. The van der Waals surface area contributed by atoms with Crippen molar-refractivity contribution in [3.05, 3.63) is 108 Å². The minimum Gasteiger partial charge on any atom is -0.482 e. The maximum atomic E-state index is 14.3. The summed E-state index contributed by atoms with van der Waals surface area (Å²) in [7, 11) is 0. The third-order valence-corrected chi connectivity index (χ3v) is 7.14. The predicted octanol–water partition coefficient (Wildman–Crippen LogP) is 5.05. The van der Waals surface area contributed by atoms with Crippen LogP contribution >= 0.6 is 0 Å². The van der Waals surface area contributed by atoms with E-state index in [4.69, 9.17) is 9.47 Å². The van der Waals surface area contributed by atoms with Crippen molar-refractivity contribution in [2.45, 2.75) is 26.3 Å². The van der Waals surface area contributed by atoms with E-state index in [9.17, 15) is 9.59 Å². The van der Waals surface area contributed by atoms with E-state index in [0.717, 1.165) is 34.7 Å². The molecule has 1 aliphatic rings. The van der Waals surface area contributed by atoms with Crippen molar-refractivity contribution in [1.82, 2.24) is 14.8 Å². The Kier molecular flexibility index (Phi) is 8.62. The predicted molar refractivity (Wildman–Crippen MR) is 156 cm³/mol. The summed E-state index contributed by atoms with van der Waals surface area (Å²) in [6.45, 7) is 6.13. The fourth-order valence-electron chi connectivity index (χ4n) is 5.30. The van der Waals surface area contributed by atoms with Crippen LogP contribution in [0.15, 0.2) is 91.0 Å². The van der Waals surface area contributed by atoms with Crippen LogP contribution in [0, 0.1) is 6.92 Å². The molecule has 1 saturated heterocycles. The van der Waals surface area contributed by atoms with Crippen LogP contribution < -0.4 is 10.1 Å². The molecule has 1 aromatic heterocycles. The molecule has 0 bridgehead atoms. The maximum Gasteiger partial charge on any atom is 0.344 e. The van der Waals surface area contributed by atoms with Crippen molar-refractivity contribution in [2.24, 2.45) is 0 Å². The lowest BCUT2D eigenvalue weighted by Crippen LogP contribution is -2.54. The van der Waals surface area contributed by atoms with E-state index in [2.05, 4.69) is 41.1 Å². The first-order valence-corrected chi connectivity index (χ1v) is 13.8. The van der Waals surface area contributed by atoms with Gasteiger partial charge in [0.25, 0.3) is 5.91 Å². The second-order valence-corrected chi connectivity index (χ2v) is 9.88. The van der Waals surface area contributed by atoms with E-state index in [1.54, 1.807) is 6.92 Å². The molecule has 0 saturated carbocycles. The lowest BCUT2D eigenvalue weighted by molar-refractivity contribution is -0.145. The van der Waals surface area contributed by atoms with Crippen molar-refractivity contribution < 1.29 is 19.1 Å². The third-order valence-electron chi connectivity index (χ3n) is 7.14. The molecule has 1 fully saturated rings. The van der Waals surface area contributed by atoms with Crippen LogP contribution in [0.4, 0.5) is 0 Å². The highest BCUT2D eigenvalue weighted by atomic mass is 16.6. The van der Waals surface area contributed by atoms with Gasteiger partial charge < -0.3 is 24.3 Å². The van der Waals surface area contributed by atoms with Gasteiger partial charge in [0.2, 0.25) is 0 Å². The van der Waals surface area contributed by atoms with Gasteiger partial charge in [-0.25, -0.2) is 4.79 Å². The number of ether oxygens (including phenoxy) is 2. The van der Waals surface area contributed by atoms with Crippen molar-refractivity contribution in [2.75, 3.05) is 32.8 Å². The van der Waals surface area contributed by atoms with Gasteiger partial charge in [0.1, 0.15) is 5.75 Å². The topological polar surface area (TPSA) is 72.8 Å². The maximum absolute atomic E-state index is 14.3. The Labute approximate surface area is 235 Å². The zero-order valence-corrected chi connectivity index (χ0v) is 23.0. The van der Waals surface area contributed by atoms with Crippen LogP contribution in [-0.2, 0) is 16.0 Å². The lowest BCUT2D eigenvalue weighted by Gasteiger charge is -2.36. The molecule has 0 aliphatic carbocycles. The van der Waals surface area contributed by atoms with E-state index in [-0.39, 0.29) is 24.5 Å². The summed E-state index contributed by atoms with van der Waals surface area (Å²) >= 11 is 0. The Morgan fingerprint density at radius 2 is 1.65 bits per heavy atom. The van der Waals surface area contributed by atoms with E-state index < -0.39 is 0 Å². The van der Waals surface area contributed by atoms with Gasteiger partial charge in [-0.1, -0.05) is 60.7 Å². The number of piperazine rings is 1. The smallest absolute Gasteiger partial charge is 0.344 e. The van der Waals surface area contributed by atoms with Gasteiger partial charge in [-0.05, 0) is 61.7 Å². The summed E-state index contributed by atoms with van der Waals surface area (Å²) in [6.07, 6.45) is 0.704. The number of hydrogen-bond acceptors (Lipinski definition) is 5. The number of hydrogen-bond donors (Lipinski definition) is 1. The highest BCUT2D eigenvalue weighted by molar-refractivity contribution is 6.01. The number of carbonyl (C=O) groups excluding carboxylic acids is 2. The molecule has 1 amide bonds. The van der Waals surface area contributed by atoms with Crippen LogP contribution in [-0.4, -0.2) is 60.2 Å². The van der Waals surface area contributed by atoms with Crippen LogP contribution in [0.1, 0.15) is 28.5 Å². The lowest BCUT2D eigenvalue weighted by atomic mass is 10.0. The molecule has 5 rings (SSSR count). The molecule has 7 nitrogen and oxygen atoms in total. The fraction of sp³-hybridized carbons (Fsp3) is 0.273. The van der Waals surface area contributed by atoms with Crippen LogP contribution in [0.25, 0.3) is 16.9 Å². The number of para-hydroxylation sites is 1. The first-order valence-electron chi connectivity index (χ1n) is 13.8. The van der Waals surface area contributed by atoms with Crippen LogP contribution in [0.5, 0.6) is 5.75 Å². The molecule has 1 N–H and O–H groups in total. The van der Waals surface area contributed by atoms with Crippen molar-refractivity contribution >= 4 is 11.9 Å². The summed E-state index contributed by atoms with van der Waals surface area (Å²) < 4.78 is 12.6. The van der Waals surface area contributed by atoms with E-state index in [1.165, 1.54) is 0 Å². The highest BCUT2D eigenvalue weighted by Crippen LogP contribution is 2.32.